The number of halogens is 1. The fourth-order valence-corrected chi connectivity index (χ4v) is 3.97. The Labute approximate surface area is 182 Å². The number of carbonyl (C=O) groups excluding carboxylic acids is 4. The summed E-state index contributed by atoms with van der Waals surface area (Å²) in [7, 11) is 0. The number of carboxylic acid groups (broad SMARTS) is 1. The number of anilines is 1. The highest BCUT2D eigenvalue weighted by atomic mass is 19.1. The monoisotopic (exact) mass is 440 g/mol. The first-order valence-electron chi connectivity index (χ1n) is 9.91. The van der Waals surface area contributed by atoms with E-state index in [-0.39, 0.29) is 24.4 Å². The first kappa shape index (κ1) is 21.4. The Hall–Kier alpha value is -3.79. The van der Waals surface area contributed by atoms with Gasteiger partial charge >= 0.3 is 0 Å². The normalized spacial score (nSPS) is 19.6. The summed E-state index contributed by atoms with van der Waals surface area (Å²) in [5, 5.41) is 15.7. The zero-order valence-electron chi connectivity index (χ0n) is 16.8. The van der Waals surface area contributed by atoms with Gasteiger partial charge in [0.2, 0.25) is 11.8 Å². The molecule has 10 heteroatoms. The summed E-state index contributed by atoms with van der Waals surface area (Å²) in [4.78, 5) is 49.6. The lowest BCUT2D eigenvalue weighted by molar-refractivity contribution is -0.309. The quantitative estimate of drug-likeness (QED) is 0.646. The second-order valence-corrected chi connectivity index (χ2v) is 7.57. The minimum Gasteiger partial charge on any atom is -0.548 e. The van der Waals surface area contributed by atoms with Crippen LogP contribution >= 0.6 is 0 Å². The number of rotatable bonds is 6. The standard InChI is InChI=1S/C22H20FN3O6/c23-16-4-2-1-3-14(16)12-5-6-17-15(7-12)22(31)26-9-13(8-18(26)21(30)25-17)24-19(27)10-32-11-20(28)29/h1-7,13,18H,8-11H2,(H,24,27)(H,25,30)(H,28,29)/p-1/t13-,18-/m0/s1. The Morgan fingerprint density at radius 2 is 1.94 bits per heavy atom. The van der Waals surface area contributed by atoms with Gasteiger partial charge in [0.25, 0.3) is 5.91 Å². The molecule has 0 bridgehead atoms. The van der Waals surface area contributed by atoms with E-state index in [0.717, 1.165) is 0 Å². The number of ether oxygens (including phenoxy) is 1. The van der Waals surface area contributed by atoms with Crippen molar-refractivity contribution in [3.8, 4) is 11.1 Å². The van der Waals surface area contributed by atoms with Crippen molar-refractivity contribution >= 4 is 29.4 Å². The molecule has 166 valence electrons. The molecule has 3 amide bonds. The number of hydrogen-bond acceptors (Lipinski definition) is 6. The van der Waals surface area contributed by atoms with E-state index in [1.54, 1.807) is 36.4 Å². The number of nitrogens with one attached hydrogen (secondary N) is 2. The molecule has 32 heavy (non-hydrogen) atoms. The minimum absolute atomic E-state index is 0.0898. The average molecular weight is 440 g/mol. The predicted octanol–water partition coefficient (Wildman–Crippen LogP) is -0.0894. The largest absolute Gasteiger partial charge is 0.548 e. The highest BCUT2D eigenvalue weighted by molar-refractivity contribution is 6.10. The average Bonchev–Trinajstić information content (AvgIpc) is 3.14. The van der Waals surface area contributed by atoms with Crippen LogP contribution < -0.4 is 15.7 Å². The maximum absolute atomic E-state index is 14.2. The third-order valence-corrected chi connectivity index (χ3v) is 5.38. The number of fused-ring (bicyclic) bond motifs is 2. The lowest BCUT2D eigenvalue weighted by Gasteiger charge is -2.20. The summed E-state index contributed by atoms with van der Waals surface area (Å²) in [6.45, 7) is -1.11. The Kier molecular flexibility index (Phi) is 5.87. The van der Waals surface area contributed by atoms with E-state index in [0.29, 0.717) is 16.8 Å². The van der Waals surface area contributed by atoms with E-state index >= 15 is 0 Å². The van der Waals surface area contributed by atoms with Crippen molar-refractivity contribution in [2.45, 2.75) is 18.5 Å². The van der Waals surface area contributed by atoms with Crippen LogP contribution in [0.2, 0.25) is 0 Å². The first-order chi connectivity index (χ1) is 15.3. The van der Waals surface area contributed by atoms with Gasteiger partial charge in [-0.1, -0.05) is 24.3 Å². The molecule has 2 heterocycles. The second kappa shape index (κ2) is 8.75. The van der Waals surface area contributed by atoms with Crippen LogP contribution in [-0.2, 0) is 19.1 Å². The Bertz CT molecular complexity index is 1100. The fraction of sp³-hybridized carbons (Fsp3) is 0.273. The number of benzene rings is 2. The maximum Gasteiger partial charge on any atom is 0.256 e. The topological polar surface area (TPSA) is 128 Å². The van der Waals surface area contributed by atoms with E-state index in [1.165, 1.54) is 11.0 Å². The van der Waals surface area contributed by atoms with Crippen molar-refractivity contribution in [3.05, 3.63) is 53.8 Å². The van der Waals surface area contributed by atoms with Gasteiger partial charge in [0.05, 0.1) is 23.8 Å². The van der Waals surface area contributed by atoms with Gasteiger partial charge in [-0.25, -0.2) is 4.39 Å². The van der Waals surface area contributed by atoms with Crippen LogP contribution in [0.5, 0.6) is 0 Å². The van der Waals surface area contributed by atoms with E-state index in [1.807, 2.05) is 0 Å². The molecular formula is C22H19FN3O6-. The van der Waals surface area contributed by atoms with Gasteiger partial charge in [-0.15, -0.1) is 0 Å². The molecule has 9 nitrogen and oxygen atoms in total. The third-order valence-electron chi connectivity index (χ3n) is 5.38. The lowest BCUT2D eigenvalue weighted by Crippen LogP contribution is -2.41. The van der Waals surface area contributed by atoms with Crippen LogP contribution in [0.3, 0.4) is 0 Å². The molecule has 0 spiro atoms. The summed E-state index contributed by atoms with van der Waals surface area (Å²) in [5.74, 6) is -3.24. The van der Waals surface area contributed by atoms with E-state index in [9.17, 15) is 28.7 Å². The predicted molar refractivity (Wildman–Crippen MR) is 108 cm³/mol. The second-order valence-electron chi connectivity index (χ2n) is 7.57. The summed E-state index contributed by atoms with van der Waals surface area (Å²) < 4.78 is 18.9. The molecule has 2 atom stereocenters. The Balaban J connectivity index is 1.52. The zero-order chi connectivity index (χ0) is 22.8. The number of hydrogen-bond donors (Lipinski definition) is 2. The van der Waals surface area contributed by atoms with E-state index in [2.05, 4.69) is 10.6 Å². The van der Waals surface area contributed by atoms with Crippen molar-refractivity contribution in [2.75, 3.05) is 25.1 Å². The molecule has 0 unspecified atom stereocenters. The number of carboxylic acids is 1. The Morgan fingerprint density at radius 3 is 2.69 bits per heavy atom. The van der Waals surface area contributed by atoms with Crippen LogP contribution in [0.15, 0.2) is 42.5 Å². The van der Waals surface area contributed by atoms with E-state index < -0.39 is 48.9 Å². The molecule has 2 aliphatic heterocycles. The summed E-state index contributed by atoms with van der Waals surface area (Å²) in [6, 6.07) is 9.63. The van der Waals surface area contributed by atoms with Gasteiger partial charge in [0, 0.05) is 18.2 Å². The molecule has 2 aliphatic rings. The van der Waals surface area contributed by atoms with Crippen LogP contribution in [0.4, 0.5) is 10.1 Å². The smallest absolute Gasteiger partial charge is 0.256 e. The van der Waals surface area contributed by atoms with E-state index in [4.69, 9.17) is 4.74 Å². The van der Waals surface area contributed by atoms with Crippen LogP contribution in [0.1, 0.15) is 16.8 Å². The zero-order valence-corrected chi connectivity index (χ0v) is 16.8. The van der Waals surface area contributed by atoms with Gasteiger partial charge < -0.3 is 30.2 Å². The molecule has 4 rings (SSSR count). The van der Waals surface area contributed by atoms with Crippen LogP contribution in [0, 0.1) is 5.82 Å². The number of amides is 3. The van der Waals surface area contributed by atoms with Gasteiger partial charge in [-0.05, 0) is 30.2 Å². The first-order valence-corrected chi connectivity index (χ1v) is 9.91. The fourth-order valence-electron chi connectivity index (χ4n) is 3.97. The molecule has 0 aliphatic carbocycles. The van der Waals surface area contributed by atoms with Gasteiger partial charge in [0.15, 0.2) is 0 Å². The van der Waals surface area contributed by atoms with Crippen molar-refractivity contribution < 1.29 is 33.4 Å². The molecule has 2 aromatic carbocycles. The maximum atomic E-state index is 14.2. The summed E-state index contributed by atoms with van der Waals surface area (Å²) in [6.07, 6.45) is 0.192. The van der Waals surface area contributed by atoms with Gasteiger partial charge in [-0.3, -0.25) is 14.4 Å². The molecule has 2 aromatic rings. The highest BCUT2D eigenvalue weighted by Gasteiger charge is 2.43. The van der Waals surface area contributed by atoms with Crippen LogP contribution in [0.25, 0.3) is 11.1 Å². The summed E-state index contributed by atoms with van der Waals surface area (Å²) in [5.41, 5.74) is 1.40. The lowest BCUT2D eigenvalue weighted by atomic mass is 10.0. The molecule has 2 N–H and O–H groups in total. The Morgan fingerprint density at radius 1 is 1.16 bits per heavy atom. The molecule has 0 saturated carbocycles. The van der Waals surface area contributed by atoms with Crippen LogP contribution in [-0.4, -0.2) is 60.4 Å². The van der Waals surface area contributed by atoms with Crippen molar-refractivity contribution in [1.82, 2.24) is 10.2 Å². The minimum atomic E-state index is -1.44. The molecule has 0 radical (unpaired) electrons. The van der Waals surface area contributed by atoms with Crippen molar-refractivity contribution in [1.29, 1.82) is 0 Å². The molecular weight excluding hydrogens is 421 g/mol. The molecule has 1 fully saturated rings. The SMILES string of the molecule is O=C([O-])COCC(=O)N[C@H]1C[C@H]2C(=O)Nc3ccc(-c4ccccc4F)cc3C(=O)N2C1. The molecule has 1 saturated heterocycles. The van der Waals surface area contributed by atoms with Crippen molar-refractivity contribution in [3.63, 3.8) is 0 Å². The third kappa shape index (κ3) is 4.30. The molecule has 0 aromatic heterocycles. The van der Waals surface area contributed by atoms with Crippen molar-refractivity contribution in [2.24, 2.45) is 0 Å². The number of aliphatic carboxylic acids is 1. The number of carbonyl (C=O) groups is 4. The van der Waals surface area contributed by atoms with Gasteiger partial charge in [-0.2, -0.15) is 0 Å². The summed E-state index contributed by atoms with van der Waals surface area (Å²) >= 11 is 0. The van der Waals surface area contributed by atoms with Gasteiger partial charge in [0.1, 0.15) is 18.5 Å². The highest BCUT2D eigenvalue weighted by Crippen LogP contribution is 2.32. The number of nitrogens with zero attached hydrogens (tertiary/aromatic N) is 1.